The zero-order valence-electron chi connectivity index (χ0n) is 23.4. The fourth-order valence-electron chi connectivity index (χ4n) is 5.65. The number of hydrogen-bond acceptors (Lipinski definition) is 14. The van der Waals surface area contributed by atoms with Crippen molar-refractivity contribution in [1.82, 2.24) is 0 Å². The second kappa shape index (κ2) is 12.4. The number of benzene rings is 2. The molecule has 2 aromatic rings. The summed E-state index contributed by atoms with van der Waals surface area (Å²) in [5.74, 6) is -1.30. The van der Waals surface area contributed by atoms with E-state index in [0.29, 0.717) is 5.56 Å². The first kappa shape index (κ1) is 31.2. The fraction of sp³-hybridized carbons (Fsp3) is 0.552. The monoisotopic (exact) mass is 608 g/mol. The molecule has 43 heavy (non-hydrogen) atoms. The molecular weight excluding hydrogens is 572 g/mol. The molecule has 14 nitrogen and oxygen atoms in total. The normalized spacial score (nSPS) is 36.0. The van der Waals surface area contributed by atoms with E-state index >= 15 is 0 Å². The summed E-state index contributed by atoms with van der Waals surface area (Å²) in [4.78, 5) is 12.9. The predicted molar refractivity (Wildman–Crippen MR) is 144 cm³/mol. The van der Waals surface area contributed by atoms with Crippen molar-refractivity contribution in [3.63, 3.8) is 0 Å². The lowest BCUT2D eigenvalue weighted by Crippen LogP contribution is -2.61. The summed E-state index contributed by atoms with van der Waals surface area (Å²) in [5, 5.41) is 82.7. The van der Waals surface area contributed by atoms with E-state index in [4.69, 9.17) is 23.7 Å². The Labute approximate surface area is 246 Å². The number of carbonyl (C=O) groups is 1. The molecule has 2 fully saturated rings. The third kappa shape index (κ3) is 6.10. The number of hydrogen-bond donors (Lipinski definition) is 8. The van der Waals surface area contributed by atoms with Crippen LogP contribution in [0, 0.1) is 5.92 Å². The first-order valence-corrected chi connectivity index (χ1v) is 13.9. The first-order chi connectivity index (χ1) is 20.4. The van der Waals surface area contributed by atoms with E-state index in [1.165, 1.54) is 25.3 Å². The van der Waals surface area contributed by atoms with E-state index in [2.05, 4.69) is 0 Å². The van der Waals surface area contributed by atoms with E-state index in [-0.39, 0.29) is 53.9 Å². The molecule has 11 atom stereocenters. The molecule has 14 heteroatoms. The number of ketones is 1. The van der Waals surface area contributed by atoms with Crippen LogP contribution in [-0.2, 0) is 9.47 Å². The van der Waals surface area contributed by atoms with Crippen LogP contribution in [0.3, 0.4) is 0 Å². The highest BCUT2D eigenvalue weighted by molar-refractivity contribution is 6.02. The van der Waals surface area contributed by atoms with Crippen molar-refractivity contribution in [3.8, 4) is 28.7 Å². The number of ether oxygens (including phenoxy) is 5. The molecular formula is C29H36O14. The highest BCUT2D eigenvalue weighted by Gasteiger charge is 2.47. The van der Waals surface area contributed by atoms with Crippen LogP contribution in [0.15, 0.2) is 30.3 Å². The number of rotatable bonds is 7. The van der Waals surface area contributed by atoms with Gasteiger partial charge in [0.1, 0.15) is 65.5 Å². The summed E-state index contributed by atoms with van der Waals surface area (Å²) in [5.41, 5.74) is 0.398. The third-order valence-electron chi connectivity index (χ3n) is 8.21. The van der Waals surface area contributed by atoms with Gasteiger partial charge in [-0.2, -0.15) is 0 Å². The molecule has 2 aromatic carbocycles. The van der Waals surface area contributed by atoms with Crippen LogP contribution < -0.4 is 14.2 Å². The SMILES string of the molecule is COc1ccc([C@@H]2CC(=O)c3c(O)cc(O[C@@H]4O[C@H](CO[C@@H]5C[C@H](C)[C@H](O)[C@H](O)[C@@H]5O)[C@@H](O)[C@@H](O)[C@@H]4O)cc3O2)cc1O. The van der Waals surface area contributed by atoms with Gasteiger partial charge in [0.15, 0.2) is 17.3 Å². The molecule has 1 saturated heterocycles. The number of methoxy groups -OCH3 is 1. The Kier molecular flexibility index (Phi) is 9.02. The van der Waals surface area contributed by atoms with Gasteiger partial charge < -0.3 is 64.5 Å². The molecule has 0 spiro atoms. The number of aliphatic hydroxyl groups excluding tert-OH is 6. The molecule has 0 unspecified atom stereocenters. The van der Waals surface area contributed by atoms with E-state index in [9.17, 15) is 45.6 Å². The zero-order chi connectivity index (χ0) is 31.2. The van der Waals surface area contributed by atoms with Crippen LogP contribution in [0.1, 0.15) is 41.8 Å². The van der Waals surface area contributed by atoms with Gasteiger partial charge in [-0.1, -0.05) is 13.0 Å². The van der Waals surface area contributed by atoms with Crippen LogP contribution in [0.25, 0.3) is 0 Å². The average molecular weight is 609 g/mol. The minimum absolute atomic E-state index is 0.0292. The minimum atomic E-state index is -1.74. The van der Waals surface area contributed by atoms with Crippen molar-refractivity contribution in [3.05, 3.63) is 41.5 Å². The van der Waals surface area contributed by atoms with Gasteiger partial charge in [0.2, 0.25) is 6.29 Å². The summed E-state index contributed by atoms with van der Waals surface area (Å²) in [7, 11) is 1.40. The Morgan fingerprint density at radius 3 is 2.30 bits per heavy atom. The van der Waals surface area contributed by atoms with Gasteiger partial charge in [0.25, 0.3) is 0 Å². The van der Waals surface area contributed by atoms with Gasteiger partial charge >= 0.3 is 0 Å². The van der Waals surface area contributed by atoms with E-state index in [1.807, 2.05) is 0 Å². The van der Waals surface area contributed by atoms with E-state index < -0.39 is 72.8 Å². The fourth-order valence-corrected chi connectivity index (χ4v) is 5.65. The van der Waals surface area contributed by atoms with Gasteiger partial charge in [-0.05, 0) is 30.0 Å². The van der Waals surface area contributed by atoms with Crippen LogP contribution in [-0.4, -0.2) is 115 Å². The Bertz CT molecular complexity index is 1320. The molecule has 0 radical (unpaired) electrons. The summed E-state index contributed by atoms with van der Waals surface area (Å²) < 4.78 is 28.1. The highest BCUT2D eigenvalue weighted by atomic mass is 16.7. The number of fused-ring (bicyclic) bond motifs is 1. The molecule has 2 aliphatic heterocycles. The van der Waals surface area contributed by atoms with Gasteiger partial charge in [-0.25, -0.2) is 0 Å². The second-order valence-electron chi connectivity index (χ2n) is 11.2. The van der Waals surface area contributed by atoms with Gasteiger partial charge in [0, 0.05) is 12.1 Å². The molecule has 236 valence electrons. The van der Waals surface area contributed by atoms with Crippen LogP contribution >= 0.6 is 0 Å². The summed E-state index contributed by atoms with van der Waals surface area (Å²) >= 11 is 0. The Balaban J connectivity index is 1.30. The molecule has 0 bridgehead atoms. The Morgan fingerprint density at radius 2 is 1.60 bits per heavy atom. The number of aliphatic hydroxyl groups is 6. The lowest BCUT2D eigenvalue weighted by Gasteiger charge is -2.42. The topological polar surface area (TPSA) is 225 Å². The molecule has 0 aromatic heterocycles. The Morgan fingerprint density at radius 1 is 0.884 bits per heavy atom. The maximum absolute atomic E-state index is 12.9. The molecule has 1 saturated carbocycles. The van der Waals surface area contributed by atoms with Crippen molar-refractivity contribution in [2.75, 3.05) is 13.7 Å². The maximum Gasteiger partial charge on any atom is 0.229 e. The number of phenols is 2. The summed E-state index contributed by atoms with van der Waals surface area (Å²) in [6, 6.07) is 6.96. The molecule has 0 amide bonds. The van der Waals surface area contributed by atoms with Gasteiger partial charge in [0.05, 0.1) is 32.3 Å². The number of phenolic OH excluding ortho intramolecular Hbond substituents is 2. The minimum Gasteiger partial charge on any atom is -0.507 e. The average Bonchev–Trinajstić information content (AvgIpc) is 2.97. The third-order valence-corrected chi connectivity index (χ3v) is 8.21. The maximum atomic E-state index is 12.9. The highest BCUT2D eigenvalue weighted by Crippen LogP contribution is 2.43. The second-order valence-corrected chi connectivity index (χ2v) is 11.2. The Hall–Kier alpha value is -3.21. The summed E-state index contributed by atoms with van der Waals surface area (Å²) in [6.45, 7) is 1.31. The smallest absolute Gasteiger partial charge is 0.229 e. The van der Waals surface area contributed by atoms with Crippen LogP contribution in [0.2, 0.25) is 0 Å². The molecule has 8 N–H and O–H groups in total. The van der Waals surface area contributed by atoms with Crippen LogP contribution in [0.4, 0.5) is 0 Å². The van der Waals surface area contributed by atoms with E-state index in [0.717, 1.165) is 6.07 Å². The van der Waals surface area contributed by atoms with E-state index in [1.54, 1.807) is 13.0 Å². The van der Waals surface area contributed by atoms with Crippen molar-refractivity contribution in [2.24, 2.45) is 5.92 Å². The van der Waals surface area contributed by atoms with Crippen LogP contribution in [0.5, 0.6) is 28.7 Å². The summed E-state index contributed by atoms with van der Waals surface area (Å²) in [6.07, 6.45) is -13.5. The van der Waals surface area contributed by atoms with Crippen molar-refractivity contribution < 1.29 is 69.3 Å². The zero-order valence-corrected chi connectivity index (χ0v) is 23.4. The number of aromatic hydroxyl groups is 2. The lowest BCUT2D eigenvalue weighted by atomic mass is 9.82. The molecule has 3 aliphatic rings. The van der Waals surface area contributed by atoms with Gasteiger partial charge in [-0.3, -0.25) is 4.79 Å². The standard InChI is InChI=1S/C29H36O14/c1-11-5-20(24(34)26(36)23(11)33)40-10-21-25(35)27(37)28(38)29(43-21)41-13-7-15(31)22-16(32)9-18(42-19(22)8-13)12-3-4-17(39-2)14(30)6-12/h3-4,6-8,11,18,20-21,23-31,33-38H,5,9-10H2,1-2H3/t11-,18-,20+,21+,23-,24+,25+,26-,27+,28-,29+/m0/s1. The van der Waals surface area contributed by atoms with Crippen molar-refractivity contribution in [2.45, 2.75) is 81.0 Å². The first-order valence-electron chi connectivity index (χ1n) is 13.9. The van der Waals surface area contributed by atoms with Gasteiger partial charge in [-0.15, -0.1) is 0 Å². The predicted octanol–water partition coefficient (Wildman–Crippen LogP) is -0.493. The largest absolute Gasteiger partial charge is 0.507 e. The molecule has 2 heterocycles. The quantitative estimate of drug-likeness (QED) is 0.199. The number of Topliss-reactive ketones (excluding diaryl/α,β-unsaturated/α-hetero) is 1. The number of carbonyl (C=O) groups excluding carboxylic acids is 1. The molecule has 5 rings (SSSR count). The lowest BCUT2D eigenvalue weighted by molar-refractivity contribution is -0.285. The molecule has 1 aliphatic carbocycles. The van der Waals surface area contributed by atoms with Crippen molar-refractivity contribution in [1.29, 1.82) is 0 Å². The van der Waals surface area contributed by atoms with Crippen molar-refractivity contribution >= 4 is 5.78 Å².